The summed E-state index contributed by atoms with van der Waals surface area (Å²) in [5, 5.41) is 18.5. The van der Waals surface area contributed by atoms with E-state index < -0.39 is 23.1 Å². The van der Waals surface area contributed by atoms with Crippen LogP contribution in [0.4, 0.5) is 30.8 Å². The van der Waals surface area contributed by atoms with Gasteiger partial charge in [-0.05, 0) is 32.1 Å². The number of rotatable bonds is 5. The van der Waals surface area contributed by atoms with Gasteiger partial charge in [-0.3, -0.25) is 9.36 Å². The highest BCUT2D eigenvalue weighted by Gasteiger charge is 2.27. The van der Waals surface area contributed by atoms with Gasteiger partial charge in [0, 0.05) is 31.1 Å². The third kappa shape index (κ3) is 4.49. The van der Waals surface area contributed by atoms with Crippen LogP contribution in [0.3, 0.4) is 0 Å². The Morgan fingerprint density at radius 1 is 1.06 bits per heavy atom. The van der Waals surface area contributed by atoms with Crippen LogP contribution >= 0.6 is 0 Å². The van der Waals surface area contributed by atoms with Crippen LogP contribution < -0.4 is 16.0 Å². The van der Waals surface area contributed by atoms with Crippen molar-refractivity contribution >= 4 is 34.7 Å². The average Bonchev–Trinajstić information content (AvgIpc) is 3.16. The normalized spacial score (nSPS) is 23.1. The van der Waals surface area contributed by atoms with E-state index in [-0.39, 0.29) is 36.5 Å². The van der Waals surface area contributed by atoms with Crippen molar-refractivity contribution in [3.63, 3.8) is 0 Å². The molecule has 1 saturated carbocycles. The van der Waals surface area contributed by atoms with Crippen LogP contribution in [-0.4, -0.2) is 49.2 Å². The Bertz CT molecular complexity index is 1190. The molecule has 1 aliphatic carbocycles. The van der Waals surface area contributed by atoms with Crippen LogP contribution in [0.5, 0.6) is 0 Å². The van der Waals surface area contributed by atoms with Gasteiger partial charge in [0.25, 0.3) is 0 Å². The van der Waals surface area contributed by atoms with Crippen molar-refractivity contribution in [3.8, 4) is 0 Å². The monoisotopic (exact) mass is 475 g/mol. The number of hydrogen-bond acceptors (Lipinski definition) is 7. The van der Waals surface area contributed by atoms with Crippen LogP contribution in [0, 0.1) is 17.5 Å². The Morgan fingerprint density at radius 3 is 2.47 bits per heavy atom. The van der Waals surface area contributed by atoms with Crippen LogP contribution in [0.15, 0.2) is 18.3 Å². The lowest BCUT2D eigenvalue weighted by molar-refractivity contribution is -0.122. The minimum Gasteiger partial charge on any atom is -0.393 e. The molecule has 2 aliphatic rings. The zero-order valence-electron chi connectivity index (χ0n) is 18.2. The van der Waals surface area contributed by atoms with Crippen LogP contribution in [0.1, 0.15) is 44.6 Å². The quantitative estimate of drug-likeness (QED) is 0.448. The number of halogens is 3. The summed E-state index contributed by atoms with van der Waals surface area (Å²) in [5.74, 6) is -2.82. The molecule has 1 atom stereocenters. The van der Waals surface area contributed by atoms with E-state index >= 15 is 0 Å². The Balaban J connectivity index is 1.52. The predicted molar refractivity (Wildman–Crippen MR) is 118 cm³/mol. The number of benzene rings is 1. The maximum atomic E-state index is 14.3. The third-order valence-electron chi connectivity index (χ3n) is 6.31. The van der Waals surface area contributed by atoms with Gasteiger partial charge in [-0.2, -0.15) is 4.98 Å². The lowest BCUT2D eigenvalue weighted by Crippen LogP contribution is -2.36. The summed E-state index contributed by atoms with van der Waals surface area (Å²) in [6, 6.07) is 1.01. The SMILES string of the molecule is O=C1CCC(n2c(Nc3c(F)cc(F)cc3F)nc3cnc(NC4CCC(O)CC4)nc32)CN1. The molecule has 4 N–H and O–H groups in total. The van der Waals surface area contributed by atoms with Crippen molar-refractivity contribution in [2.75, 3.05) is 17.2 Å². The second kappa shape index (κ2) is 9.09. The fraction of sp³-hybridized carbons (Fsp3) is 0.455. The summed E-state index contributed by atoms with van der Waals surface area (Å²) in [5.41, 5.74) is 0.289. The predicted octanol–water partition coefficient (Wildman–Crippen LogP) is 3.15. The molecule has 1 amide bonds. The number of carbonyl (C=O) groups is 1. The second-order valence-electron chi connectivity index (χ2n) is 8.72. The van der Waals surface area contributed by atoms with E-state index in [0.29, 0.717) is 55.1 Å². The smallest absolute Gasteiger partial charge is 0.224 e. The molecule has 0 radical (unpaired) electrons. The highest BCUT2D eigenvalue weighted by Crippen LogP contribution is 2.32. The molecule has 1 aliphatic heterocycles. The number of piperidine rings is 1. The maximum absolute atomic E-state index is 14.3. The van der Waals surface area contributed by atoms with Gasteiger partial charge in [-0.25, -0.2) is 23.1 Å². The molecule has 2 fully saturated rings. The molecule has 3 heterocycles. The van der Waals surface area contributed by atoms with Crippen molar-refractivity contribution in [2.24, 2.45) is 0 Å². The molecule has 12 heteroatoms. The van der Waals surface area contributed by atoms with Crippen molar-refractivity contribution in [2.45, 2.75) is 56.7 Å². The van der Waals surface area contributed by atoms with Gasteiger partial charge in [0.1, 0.15) is 17.0 Å². The van der Waals surface area contributed by atoms with Crippen LogP contribution in [0.25, 0.3) is 11.2 Å². The van der Waals surface area contributed by atoms with Crippen molar-refractivity contribution in [1.82, 2.24) is 24.8 Å². The average molecular weight is 475 g/mol. The van der Waals surface area contributed by atoms with Crippen molar-refractivity contribution in [1.29, 1.82) is 0 Å². The summed E-state index contributed by atoms with van der Waals surface area (Å²) < 4.78 is 43.7. The Labute approximate surface area is 192 Å². The number of carbonyl (C=O) groups excluding carboxylic acids is 1. The minimum absolute atomic E-state index is 0.0812. The van der Waals surface area contributed by atoms with Gasteiger partial charge < -0.3 is 21.1 Å². The van der Waals surface area contributed by atoms with Crippen molar-refractivity contribution < 1.29 is 23.1 Å². The first kappa shape index (κ1) is 22.4. The molecule has 1 unspecified atom stereocenters. The molecule has 0 spiro atoms. The molecule has 180 valence electrons. The molecule has 2 aromatic heterocycles. The minimum atomic E-state index is -1.10. The molecule has 5 rings (SSSR count). The van der Waals surface area contributed by atoms with E-state index in [1.54, 1.807) is 4.57 Å². The summed E-state index contributed by atoms with van der Waals surface area (Å²) >= 11 is 0. The number of imidazole rings is 1. The molecule has 1 saturated heterocycles. The zero-order chi connectivity index (χ0) is 23.8. The van der Waals surface area contributed by atoms with Crippen LogP contribution in [0.2, 0.25) is 0 Å². The molecular weight excluding hydrogens is 451 g/mol. The van der Waals surface area contributed by atoms with Gasteiger partial charge in [-0.1, -0.05) is 0 Å². The van der Waals surface area contributed by atoms with Gasteiger partial charge >= 0.3 is 0 Å². The highest BCUT2D eigenvalue weighted by molar-refractivity contribution is 5.78. The maximum Gasteiger partial charge on any atom is 0.224 e. The highest BCUT2D eigenvalue weighted by atomic mass is 19.1. The van der Waals surface area contributed by atoms with E-state index in [9.17, 15) is 23.1 Å². The van der Waals surface area contributed by atoms with E-state index in [4.69, 9.17) is 0 Å². The summed E-state index contributed by atoms with van der Waals surface area (Å²) in [6.45, 7) is 0.292. The number of aromatic nitrogens is 4. The number of amides is 1. The largest absolute Gasteiger partial charge is 0.393 e. The topological polar surface area (TPSA) is 117 Å². The van der Waals surface area contributed by atoms with Gasteiger partial charge in [0.05, 0.1) is 18.3 Å². The van der Waals surface area contributed by atoms with Gasteiger partial charge in [-0.15, -0.1) is 0 Å². The van der Waals surface area contributed by atoms with Crippen LogP contribution in [-0.2, 0) is 4.79 Å². The summed E-state index contributed by atoms with van der Waals surface area (Å²) in [7, 11) is 0. The molecule has 0 bridgehead atoms. The first-order chi connectivity index (χ1) is 16.4. The van der Waals surface area contributed by atoms with E-state index in [1.807, 2.05) is 0 Å². The zero-order valence-corrected chi connectivity index (χ0v) is 18.2. The fourth-order valence-corrected chi connectivity index (χ4v) is 4.51. The molecular formula is C22H24F3N7O2. The van der Waals surface area contributed by atoms with Crippen molar-refractivity contribution in [3.05, 3.63) is 35.8 Å². The lowest BCUT2D eigenvalue weighted by Gasteiger charge is -2.27. The first-order valence-corrected chi connectivity index (χ1v) is 11.2. The lowest BCUT2D eigenvalue weighted by atomic mass is 9.93. The number of aliphatic hydroxyl groups is 1. The molecule has 3 aromatic rings. The number of nitrogens with zero attached hydrogens (tertiary/aromatic N) is 4. The standard InChI is InChI=1S/C22H24F3N7O2/c23-11-7-15(24)19(16(25)8-11)30-22-29-17-10-27-21(28-12-1-4-14(33)5-2-12)31-20(17)32(22)13-3-6-18(34)26-9-13/h7-8,10,12-14,33H,1-6,9H2,(H,26,34)(H,29,30)(H,27,28,31). The van der Waals surface area contributed by atoms with E-state index in [0.717, 1.165) is 12.8 Å². The summed E-state index contributed by atoms with van der Waals surface area (Å²) in [4.78, 5) is 25.1. The number of anilines is 3. The Hall–Kier alpha value is -3.41. The second-order valence-corrected chi connectivity index (χ2v) is 8.72. The number of aliphatic hydroxyl groups excluding tert-OH is 1. The fourth-order valence-electron chi connectivity index (χ4n) is 4.51. The Kier molecular flexibility index (Phi) is 5.98. The number of nitrogens with one attached hydrogen (secondary N) is 3. The third-order valence-corrected chi connectivity index (χ3v) is 6.31. The number of fused-ring (bicyclic) bond motifs is 1. The van der Waals surface area contributed by atoms with Gasteiger partial charge in [0.2, 0.25) is 17.8 Å². The molecule has 9 nitrogen and oxygen atoms in total. The number of hydrogen-bond donors (Lipinski definition) is 4. The molecule has 1 aromatic carbocycles. The molecule has 34 heavy (non-hydrogen) atoms. The Morgan fingerprint density at radius 2 is 1.79 bits per heavy atom. The summed E-state index contributed by atoms with van der Waals surface area (Å²) in [6.07, 6.45) is 4.95. The van der Waals surface area contributed by atoms with Gasteiger partial charge in [0.15, 0.2) is 17.3 Å². The van der Waals surface area contributed by atoms with E-state index in [1.165, 1.54) is 6.20 Å². The first-order valence-electron chi connectivity index (χ1n) is 11.2. The van der Waals surface area contributed by atoms with E-state index in [2.05, 4.69) is 30.9 Å².